The smallest absolute Gasteiger partial charge is 0.337 e. The Morgan fingerprint density at radius 1 is 1.21 bits per heavy atom. The van der Waals surface area contributed by atoms with Crippen LogP contribution in [0, 0.1) is 11.8 Å². The van der Waals surface area contributed by atoms with E-state index in [0.29, 0.717) is 6.61 Å². The van der Waals surface area contributed by atoms with E-state index in [9.17, 15) is 15.0 Å². The number of carboxylic acid groups (broad SMARTS) is 1. The fourth-order valence-electron chi connectivity index (χ4n) is 3.75. The van der Waals surface area contributed by atoms with Crippen molar-refractivity contribution in [1.29, 1.82) is 0 Å². The lowest BCUT2D eigenvalue weighted by molar-refractivity contribution is -0.162. The second-order valence-corrected chi connectivity index (χ2v) is 8.79. The van der Waals surface area contributed by atoms with Gasteiger partial charge in [0.25, 0.3) is 0 Å². The first-order valence-corrected chi connectivity index (χ1v) is 10.8. The highest BCUT2D eigenvalue weighted by molar-refractivity contribution is 5.79. The summed E-state index contributed by atoms with van der Waals surface area (Å²) in [7, 11) is 0. The molecule has 2 saturated carbocycles. The summed E-state index contributed by atoms with van der Waals surface area (Å²) in [6, 6.07) is -0.965. The molecular formula is C23H35NO4. The third kappa shape index (κ3) is 6.57. The van der Waals surface area contributed by atoms with E-state index in [1.165, 1.54) is 37.7 Å². The van der Waals surface area contributed by atoms with Crippen LogP contribution < -0.4 is 5.73 Å². The molecule has 3 rings (SSSR count). The van der Waals surface area contributed by atoms with Crippen molar-refractivity contribution in [3.63, 3.8) is 0 Å². The summed E-state index contributed by atoms with van der Waals surface area (Å²) in [5.41, 5.74) is 6.09. The maximum atomic E-state index is 11.9. The molecule has 0 saturated heterocycles. The van der Waals surface area contributed by atoms with Gasteiger partial charge in [0.05, 0.1) is 12.6 Å². The molecule has 2 fully saturated rings. The van der Waals surface area contributed by atoms with Crippen molar-refractivity contribution in [3.05, 3.63) is 35.5 Å². The van der Waals surface area contributed by atoms with Crippen LogP contribution in [0.1, 0.15) is 64.2 Å². The summed E-state index contributed by atoms with van der Waals surface area (Å²) in [6.07, 6.45) is 18.6. The SMILES string of the molecule is N[C@@H](COCCC1CC1)[C@](O)(CC1=CCC=CC(CCCC2CC2)=C1)C(=O)O. The minimum absolute atomic E-state index is 0.00326. The van der Waals surface area contributed by atoms with Crippen LogP contribution >= 0.6 is 0 Å². The van der Waals surface area contributed by atoms with Gasteiger partial charge < -0.3 is 20.7 Å². The van der Waals surface area contributed by atoms with Crippen LogP contribution in [0.15, 0.2) is 35.5 Å². The molecule has 5 heteroatoms. The molecule has 2 atom stereocenters. The largest absolute Gasteiger partial charge is 0.479 e. The lowest BCUT2D eigenvalue weighted by atomic mass is 9.86. The second kappa shape index (κ2) is 9.86. The highest BCUT2D eigenvalue weighted by atomic mass is 16.5. The Balaban J connectivity index is 1.55. The van der Waals surface area contributed by atoms with Crippen molar-refractivity contribution in [2.75, 3.05) is 13.2 Å². The van der Waals surface area contributed by atoms with Gasteiger partial charge in [0, 0.05) is 13.0 Å². The maximum Gasteiger partial charge on any atom is 0.337 e. The first-order valence-electron chi connectivity index (χ1n) is 10.8. The van der Waals surface area contributed by atoms with Gasteiger partial charge in [-0.15, -0.1) is 0 Å². The summed E-state index contributed by atoms with van der Waals surface area (Å²) in [6.45, 7) is 0.630. The monoisotopic (exact) mass is 389 g/mol. The average Bonchev–Trinajstić information content (AvgIpc) is 3.54. The van der Waals surface area contributed by atoms with E-state index in [4.69, 9.17) is 10.5 Å². The van der Waals surface area contributed by atoms with Gasteiger partial charge in [-0.25, -0.2) is 4.79 Å². The van der Waals surface area contributed by atoms with E-state index in [1.807, 2.05) is 12.2 Å². The third-order valence-corrected chi connectivity index (χ3v) is 6.12. The summed E-state index contributed by atoms with van der Waals surface area (Å²) in [5, 5.41) is 20.6. The summed E-state index contributed by atoms with van der Waals surface area (Å²) >= 11 is 0. The average molecular weight is 390 g/mol. The lowest BCUT2D eigenvalue weighted by Crippen LogP contribution is -2.56. The van der Waals surface area contributed by atoms with E-state index in [-0.39, 0.29) is 13.0 Å². The molecule has 0 heterocycles. The van der Waals surface area contributed by atoms with E-state index in [0.717, 1.165) is 43.1 Å². The number of carboxylic acids is 1. The van der Waals surface area contributed by atoms with E-state index >= 15 is 0 Å². The number of nitrogens with two attached hydrogens (primary N) is 1. The normalized spacial score (nSPS) is 22.8. The number of allylic oxidation sites excluding steroid dienone is 5. The number of rotatable bonds is 13. The first kappa shape index (κ1) is 21.3. The Labute approximate surface area is 168 Å². The number of hydrogen-bond acceptors (Lipinski definition) is 4. The number of ether oxygens (including phenoxy) is 1. The zero-order valence-corrected chi connectivity index (χ0v) is 16.8. The molecule has 0 bridgehead atoms. The fourth-order valence-corrected chi connectivity index (χ4v) is 3.75. The van der Waals surface area contributed by atoms with Crippen LogP contribution in [0.2, 0.25) is 0 Å². The fraction of sp³-hybridized carbons (Fsp3) is 0.696. The molecule has 0 spiro atoms. The summed E-state index contributed by atoms with van der Waals surface area (Å²) in [5.74, 6) is 0.384. The predicted octanol–water partition coefficient (Wildman–Crippen LogP) is 3.73. The van der Waals surface area contributed by atoms with Crippen molar-refractivity contribution in [3.8, 4) is 0 Å². The molecule has 3 aliphatic carbocycles. The maximum absolute atomic E-state index is 11.9. The second-order valence-electron chi connectivity index (χ2n) is 8.79. The molecule has 156 valence electrons. The van der Waals surface area contributed by atoms with Gasteiger partial charge in [0.2, 0.25) is 0 Å². The zero-order chi connectivity index (χ0) is 20.0. The number of hydrogen-bond donors (Lipinski definition) is 3. The molecule has 0 unspecified atom stereocenters. The Hall–Kier alpha value is -1.43. The van der Waals surface area contributed by atoms with Crippen LogP contribution in [-0.4, -0.2) is 41.0 Å². The van der Waals surface area contributed by atoms with E-state index in [2.05, 4.69) is 12.2 Å². The van der Waals surface area contributed by atoms with Crippen LogP contribution in [0.25, 0.3) is 0 Å². The number of aliphatic carboxylic acids is 1. The number of carbonyl (C=O) groups is 1. The Morgan fingerprint density at radius 3 is 2.61 bits per heavy atom. The van der Waals surface area contributed by atoms with Crippen LogP contribution in [0.3, 0.4) is 0 Å². The van der Waals surface area contributed by atoms with Crippen LogP contribution in [0.4, 0.5) is 0 Å². The van der Waals surface area contributed by atoms with Gasteiger partial charge in [-0.2, -0.15) is 0 Å². The van der Waals surface area contributed by atoms with Gasteiger partial charge in [-0.3, -0.25) is 0 Å². The standard InChI is InChI=1S/C23H35NO4/c24-21(16-28-13-12-18-10-11-18)23(27,22(25)26)15-20-5-2-1-4-19(14-20)7-3-6-17-8-9-17/h1,4-5,14,17-18,21,27H,2-3,6-13,15-16,24H2,(H,25,26)/t21-,23+/m0/s1. The molecule has 4 N–H and O–H groups in total. The van der Waals surface area contributed by atoms with Crippen molar-refractivity contribution < 1.29 is 19.7 Å². The number of aliphatic hydroxyl groups is 1. The van der Waals surface area contributed by atoms with Crippen molar-refractivity contribution >= 4 is 5.97 Å². The van der Waals surface area contributed by atoms with E-state index in [1.54, 1.807) is 0 Å². The van der Waals surface area contributed by atoms with Gasteiger partial charge in [0.1, 0.15) is 0 Å². The van der Waals surface area contributed by atoms with Gasteiger partial charge in [0.15, 0.2) is 5.60 Å². The molecule has 0 aromatic rings. The van der Waals surface area contributed by atoms with Gasteiger partial charge in [-0.1, -0.05) is 56.4 Å². The highest BCUT2D eigenvalue weighted by Gasteiger charge is 2.43. The minimum Gasteiger partial charge on any atom is -0.479 e. The first-order chi connectivity index (χ1) is 13.5. The molecular weight excluding hydrogens is 354 g/mol. The van der Waals surface area contributed by atoms with Gasteiger partial charge >= 0.3 is 5.97 Å². The predicted molar refractivity (Wildman–Crippen MR) is 110 cm³/mol. The van der Waals surface area contributed by atoms with Crippen molar-refractivity contribution in [1.82, 2.24) is 0 Å². The topological polar surface area (TPSA) is 92.8 Å². The summed E-state index contributed by atoms with van der Waals surface area (Å²) < 4.78 is 5.56. The molecule has 3 aliphatic rings. The summed E-state index contributed by atoms with van der Waals surface area (Å²) in [4.78, 5) is 11.9. The molecule has 28 heavy (non-hydrogen) atoms. The van der Waals surface area contributed by atoms with Gasteiger partial charge in [-0.05, 0) is 48.7 Å². The molecule has 5 nitrogen and oxygen atoms in total. The van der Waals surface area contributed by atoms with Crippen LogP contribution in [-0.2, 0) is 9.53 Å². The molecule has 0 aromatic carbocycles. The van der Waals surface area contributed by atoms with Crippen LogP contribution in [0.5, 0.6) is 0 Å². The molecule has 0 radical (unpaired) electrons. The zero-order valence-electron chi connectivity index (χ0n) is 16.8. The van der Waals surface area contributed by atoms with Crippen molar-refractivity contribution in [2.24, 2.45) is 17.6 Å². The Bertz CT molecular complexity index is 631. The molecule has 0 aliphatic heterocycles. The molecule has 0 aromatic heterocycles. The minimum atomic E-state index is -2.02. The third-order valence-electron chi connectivity index (χ3n) is 6.12. The highest BCUT2D eigenvalue weighted by Crippen LogP contribution is 2.35. The molecule has 0 amide bonds. The van der Waals surface area contributed by atoms with Crippen molar-refractivity contribution in [2.45, 2.75) is 75.9 Å². The Morgan fingerprint density at radius 2 is 1.93 bits per heavy atom. The quantitative estimate of drug-likeness (QED) is 0.417. The van der Waals surface area contributed by atoms with E-state index < -0.39 is 17.6 Å². The lowest BCUT2D eigenvalue weighted by Gasteiger charge is -2.30. The Kier molecular flexibility index (Phi) is 7.49.